The summed E-state index contributed by atoms with van der Waals surface area (Å²) in [6.45, 7) is 0. The summed E-state index contributed by atoms with van der Waals surface area (Å²) in [6.07, 6.45) is 0. The molecule has 256 valence electrons. The van der Waals surface area contributed by atoms with E-state index in [1.165, 1.54) is 41.7 Å². The van der Waals surface area contributed by atoms with Crippen LogP contribution < -0.4 is 0 Å². The number of hydrogen-bond acceptors (Lipinski definition) is 5. The summed E-state index contributed by atoms with van der Waals surface area (Å²) < 4.78 is 11.7. The Morgan fingerprint density at radius 2 is 1.11 bits per heavy atom. The molecular weight excluding hydrogens is 693 g/mol. The number of benzene rings is 8. The van der Waals surface area contributed by atoms with Crippen LogP contribution in [-0.4, -0.2) is 19.5 Å². The topological polar surface area (TPSA) is 56.7 Å². The Labute approximate surface area is 318 Å². The van der Waals surface area contributed by atoms with Crippen LogP contribution in [-0.2, 0) is 0 Å². The van der Waals surface area contributed by atoms with E-state index in [9.17, 15) is 0 Å². The predicted molar refractivity (Wildman–Crippen MR) is 228 cm³/mol. The average molecular weight is 721 g/mol. The average Bonchev–Trinajstić information content (AvgIpc) is 3.92. The number of fused-ring (bicyclic) bond motifs is 10. The van der Waals surface area contributed by atoms with Crippen LogP contribution in [0.2, 0.25) is 0 Å². The van der Waals surface area contributed by atoms with Crippen molar-refractivity contribution in [3.63, 3.8) is 0 Å². The monoisotopic (exact) mass is 720 g/mol. The van der Waals surface area contributed by atoms with E-state index in [4.69, 9.17) is 19.4 Å². The summed E-state index contributed by atoms with van der Waals surface area (Å²) in [5, 5.41) is 9.29. The Kier molecular flexibility index (Phi) is 6.44. The zero-order chi connectivity index (χ0) is 36.0. The highest BCUT2D eigenvalue weighted by atomic mass is 32.1. The number of aromatic nitrogens is 4. The van der Waals surface area contributed by atoms with Crippen LogP contribution in [0.15, 0.2) is 174 Å². The number of thiophene rings is 1. The molecule has 0 amide bonds. The number of para-hydroxylation sites is 2. The van der Waals surface area contributed by atoms with Gasteiger partial charge in [0, 0.05) is 58.4 Å². The molecule has 0 fully saturated rings. The van der Waals surface area contributed by atoms with Crippen LogP contribution in [0.25, 0.3) is 115 Å². The van der Waals surface area contributed by atoms with Crippen LogP contribution in [0.4, 0.5) is 0 Å². The maximum absolute atomic E-state index is 6.87. The molecule has 0 aliphatic rings. The van der Waals surface area contributed by atoms with Crippen molar-refractivity contribution >= 4 is 86.0 Å². The minimum absolute atomic E-state index is 0.594. The fourth-order valence-corrected chi connectivity index (χ4v) is 9.44. The molecular formula is C49H28N4OS. The molecule has 0 saturated heterocycles. The van der Waals surface area contributed by atoms with Crippen molar-refractivity contribution in [2.45, 2.75) is 0 Å². The van der Waals surface area contributed by atoms with Gasteiger partial charge in [0.15, 0.2) is 23.1 Å². The Hall–Kier alpha value is -7.15. The molecule has 0 unspecified atom stereocenters. The quantitative estimate of drug-likeness (QED) is 0.182. The van der Waals surface area contributed by atoms with Gasteiger partial charge in [0.05, 0.1) is 16.7 Å². The highest BCUT2D eigenvalue weighted by molar-refractivity contribution is 7.25. The Morgan fingerprint density at radius 3 is 1.98 bits per heavy atom. The highest BCUT2D eigenvalue weighted by Gasteiger charge is 2.23. The molecule has 4 heterocycles. The van der Waals surface area contributed by atoms with E-state index in [0.29, 0.717) is 17.5 Å². The smallest absolute Gasteiger partial charge is 0.164 e. The number of hydrogen-bond donors (Lipinski definition) is 0. The lowest BCUT2D eigenvalue weighted by molar-refractivity contribution is 0.666. The van der Waals surface area contributed by atoms with Crippen molar-refractivity contribution in [2.75, 3.05) is 0 Å². The van der Waals surface area contributed by atoms with Gasteiger partial charge in [-0.2, -0.15) is 0 Å². The summed E-state index contributed by atoms with van der Waals surface area (Å²) >= 11 is 1.79. The van der Waals surface area contributed by atoms with Crippen molar-refractivity contribution in [3.8, 4) is 39.9 Å². The number of rotatable bonds is 4. The SMILES string of the molecule is c1ccc(-c2nc(-c3ccc4c(c3)sc3ccccc34)nc(-c3ccc(-n4c5ccccc5c5cc6ccccc6cc54)c4oc5ccccc5c34)n2)cc1. The molecule has 12 rings (SSSR count). The van der Waals surface area contributed by atoms with Crippen LogP contribution in [0, 0.1) is 0 Å². The largest absolute Gasteiger partial charge is 0.454 e. The van der Waals surface area contributed by atoms with Gasteiger partial charge >= 0.3 is 0 Å². The van der Waals surface area contributed by atoms with Gasteiger partial charge in [0.2, 0.25) is 0 Å². The Bertz CT molecular complexity index is 3500. The lowest BCUT2D eigenvalue weighted by Crippen LogP contribution is -2.01. The molecule has 0 aliphatic carbocycles. The van der Waals surface area contributed by atoms with E-state index in [1.807, 2.05) is 30.3 Å². The summed E-state index contributed by atoms with van der Waals surface area (Å²) in [7, 11) is 0. The maximum atomic E-state index is 6.87. The van der Waals surface area contributed by atoms with Crippen LogP contribution in [0.5, 0.6) is 0 Å². The molecule has 0 atom stereocenters. The molecule has 0 saturated carbocycles. The Balaban J connectivity index is 1.13. The molecule has 6 heteroatoms. The first-order chi connectivity index (χ1) is 27.2. The standard InChI is InChI=1S/C49H28N4OS/c1-2-12-29(13-3-1)47-50-48(32-22-23-35-34-17-8-11-21-43(34)55-44(35)28-32)52-49(51-47)37-24-25-40(46-45(37)36-18-7-10-20-42(36)54-46)53-39-19-9-6-16-33(39)38-26-30-14-4-5-15-31(30)27-41(38)53/h1-28H. The van der Waals surface area contributed by atoms with Crippen LogP contribution in [0.1, 0.15) is 0 Å². The molecule has 5 nitrogen and oxygen atoms in total. The van der Waals surface area contributed by atoms with Gasteiger partial charge in [-0.1, -0.05) is 121 Å². The molecule has 12 aromatic rings. The first-order valence-corrected chi connectivity index (χ1v) is 19.2. The number of nitrogens with zero attached hydrogens (tertiary/aromatic N) is 4. The van der Waals surface area contributed by atoms with Crippen molar-refractivity contribution in [3.05, 3.63) is 170 Å². The zero-order valence-electron chi connectivity index (χ0n) is 29.3. The van der Waals surface area contributed by atoms with Crippen molar-refractivity contribution < 1.29 is 4.42 Å². The highest BCUT2D eigenvalue weighted by Crippen LogP contribution is 2.43. The summed E-state index contributed by atoms with van der Waals surface area (Å²) in [5.41, 5.74) is 7.56. The summed E-state index contributed by atoms with van der Waals surface area (Å²) in [6, 6.07) is 59.6. The van der Waals surface area contributed by atoms with Gasteiger partial charge in [0.25, 0.3) is 0 Å². The molecule has 0 aliphatic heterocycles. The molecule has 0 bridgehead atoms. The van der Waals surface area contributed by atoms with Gasteiger partial charge in [-0.05, 0) is 59.3 Å². The third kappa shape index (κ3) is 4.62. The van der Waals surface area contributed by atoms with Gasteiger partial charge in [-0.15, -0.1) is 11.3 Å². The third-order valence-electron chi connectivity index (χ3n) is 10.8. The van der Waals surface area contributed by atoms with E-state index >= 15 is 0 Å². The fraction of sp³-hybridized carbons (Fsp3) is 0. The molecule has 55 heavy (non-hydrogen) atoms. The normalized spacial score (nSPS) is 12.0. The van der Waals surface area contributed by atoms with E-state index in [0.717, 1.165) is 55.3 Å². The zero-order valence-corrected chi connectivity index (χ0v) is 30.1. The third-order valence-corrected chi connectivity index (χ3v) is 12.0. The second-order valence-electron chi connectivity index (χ2n) is 14.0. The summed E-state index contributed by atoms with van der Waals surface area (Å²) in [4.78, 5) is 15.5. The molecule has 0 spiro atoms. The van der Waals surface area contributed by atoms with E-state index in [1.54, 1.807) is 11.3 Å². The van der Waals surface area contributed by atoms with E-state index in [2.05, 4.69) is 144 Å². The van der Waals surface area contributed by atoms with Gasteiger partial charge in [-0.3, -0.25) is 0 Å². The van der Waals surface area contributed by atoms with E-state index in [-0.39, 0.29) is 0 Å². The van der Waals surface area contributed by atoms with Crippen molar-refractivity contribution in [1.29, 1.82) is 0 Å². The van der Waals surface area contributed by atoms with Gasteiger partial charge in [0.1, 0.15) is 5.58 Å². The number of furan rings is 1. The van der Waals surface area contributed by atoms with Crippen LogP contribution in [0.3, 0.4) is 0 Å². The second-order valence-corrected chi connectivity index (χ2v) is 15.1. The molecule has 8 aromatic carbocycles. The summed E-state index contributed by atoms with van der Waals surface area (Å²) in [5.74, 6) is 1.84. The fourth-order valence-electron chi connectivity index (χ4n) is 8.30. The van der Waals surface area contributed by atoms with Crippen LogP contribution >= 0.6 is 11.3 Å². The Morgan fingerprint density at radius 1 is 0.436 bits per heavy atom. The predicted octanol–water partition coefficient (Wildman–Crippen LogP) is 13.4. The van der Waals surface area contributed by atoms with Gasteiger partial charge < -0.3 is 8.98 Å². The lowest BCUT2D eigenvalue weighted by Gasteiger charge is -2.13. The maximum Gasteiger partial charge on any atom is 0.164 e. The first kappa shape index (κ1) is 30.3. The first-order valence-electron chi connectivity index (χ1n) is 18.4. The van der Waals surface area contributed by atoms with E-state index < -0.39 is 0 Å². The minimum atomic E-state index is 0.594. The lowest BCUT2D eigenvalue weighted by atomic mass is 10.0. The van der Waals surface area contributed by atoms with Crippen molar-refractivity contribution in [2.24, 2.45) is 0 Å². The molecule has 0 N–H and O–H groups in total. The molecule has 0 radical (unpaired) electrons. The minimum Gasteiger partial charge on any atom is -0.454 e. The van der Waals surface area contributed by atoms with Gasteiger partial charge in [-0.25, -0.2) is 15.0 Å². The van der Waals surface area contributed by atoms with Crippen molar-refractivity contribution in [1.82, 2.24) is 19.5 Å². The molecule has 4 aromatic heterocycles. The second kappa shape index (κ2) is 11.7.